The molecule has 0 aliphatic carbocycles. The summed E-state index contributed by atoms with van der Waals surface area (Å²) in [7, 11) is 0. The Balaban J connectivity index is 2.46. The lowest BCUT2D eigenvalue weighted by atomic mass is 9.92. The standard InChI is InChI=1S/C10H16F2N2O3/c1-6-4-7(9(15)16)2-3-14(6)10(17)13-5-8(11)12/h6-8H,2-5H2,1H3,(H,13,17)(H,15,16). The number of nitrogens with one attached hydrogen (secondary N) is 1. The van der Waals surface area contributed by atoms with Gasteiger partial charge in [-0.25, -0.2) is 13.6 Å². The van der Waals surface area contributed by atoms with Gasteiger partial charge in [-0.15, -0.1) is 0 Å². The van der Waals surface area contributed by atoms with Gasteiger partial charge in [0, 0.05) is 12.6 Å². The normalized spacial score (nSPS) is 24.8. The Labute approximate surface area is 97.8 Å². The molecule has 2 atom stereocenters. The Bertz CT molecular complexity index is 299. The number of rotatable bonds is 3. The van der Waals surface area contributed by atoms with Crippen LogP contribution in [-0.4, -0.2) is 47.6 Å². The Kier molecular flexibility index (Phi) is 4.65. The second kappa shape index (κ2) is 5.79. The highest BCUT2D eigenvalue weighted by atomic mass is 19.3. The molecule has 5 nitrogen and oxygen atoms in total. The molecule has 0 bridgehead atoms. The van der Waals surface area contributed by atoms with E-state index in [0.717, 1.165) is 0 Å². The van der Waals surface area contributed by atoms with Gasteiger partial charge in [0.25, 0.3) is 6.43 Å². The Morgan fingerprint density at radius 2 is 2.18 bits per heavy atom. The number of piperidine rings is 1. The summed E-state index contributed by atoms with van der Waals surface area (Å²) in [4.78, 5) is 23.7. The van der Waals surface area contributed by atoms with Crippen molar-refractivity contribution in [1.82, 2.24) is 10.2 Å². The van der Waals surface area contributed by atoms with Crippen LogP contribution in [0.4, 0.5) is 13.6 Å². The van der Waals surface area contributed by atoms with Crippen molar-refractivity contribution in [3.8, 4) is 0 Å². The van der Waals surface area contributed by atoms with Gasteiger partial charge in [-0.1, -0.05) is 0 Å². The summed E-state index contributed by atoms with van der Waals surface area (Å²) >= 11 is 0. The number of carbonyl (C=O) groups is 2. The first kappa shape index (κ1) is 13.7. The number of halogens is 2. The third-order valence-electron chi connectivity index (χ3n) is 2.89. The number of nitrogens with zero attached hydrogens (tertiary/aromatic N) is 1. The monoisotopic (exact) mass is 250 g/mol. The molecule has 1 aliphatic rings. The highest BCUT2D eigenvalue weighted by molar-refractivity contribution is 5.75. The number of hydrogen-bond donors (Lipinski definition) is 2. The lowest BCUT2D eigenvalue weighted by Gasteiger charge is -2.36. The van der Waals surface area contributed by atoms with Crippen molar-refractivity contribution >= 4 is 12.0 Å². The molecule has 1 fully saturated rings. The zero-order valence-corrected chi connectivity index (χ0v) is 9.53. The average Bonchev–Trinajstić information content (AvgIpc) is 2.25. The number of aliphatic carboxylic acids is 1. The van der Waals surface area contributed by atoms with Crippen LogP contribution in [0.1, 0.15) is 19.8 Å². The number of alkyl halides is 2. The van der Waals surface area contributed by atoms with Crippen LogP contribution < -0.4 is 5.32 Å². The highest BCUT2D eigenvalue weighted by Crippen LogP contribution is 2.22. The SMILES string of the molecule is CC1CC(C(=O)O)CCN1C(=O)NCC(F)F. The predicted molar refractivity (Wildman–Crippen MR) is 55.9 cm³/mol. The Morgan fingerprint density at radius 1 is 1.53 bits per heavy atom. The van der Waals surface area contributed by atoms with E-state index in [1.165, 1.54) is 4.90 Å². The van der Waals surface area contributed by atoms with Crippen LogP contribution in [0.15, 0.2) is 0 Å². The quantitative estimate of drug-likeness (QED) is 0.789. The second-order valence-corrected chi connectivity index (χ2v) is 4.18. The third kappa shape index (κ3) is 3.83. The van der Waals surface area contributed by atoms with Gasteiger partial charge in [-0.05, 0) is 19.8 Å². The molecule has 7 heteroatoms. The molecule has 0 saturated carbocycles. The molecule has 0 radical (unpaired) electrons. The minimum atomic E-state index is -2.58. The van der Waals surface area contributed by atoms with Gasteiger partial charge in [-0.2, -0.15) is 0 Å². The smallest absolute Gasteiger partial charge is 0.317 e. The molecule has 2 N–H and O–H groups in total. The van der Waals surface area contributed by atoms with Crippen molar-refractivity contribution in [1.29, 1.82) is 0 Å². The van der Waals surface area contributed by atoms with Gasteiger partial charge < -0.3 is 15.3 Å². The van der Waals surface area contributed by atoms with E-state index >= 15 is 0 Å². The van der Waals surface area contributed by atoms with E-state index < -0.39 is 30.9 Å². The summed E-state index contributed by atoms with van der Waals surface area (Å²) in [5, 5.41) is 11.0. The Hall–Kier alpha value is -1.40. The van der Waals surface area contributed by atoms with E-state index in [1.54, 1.807) is 6.92 Å². The number of amides is 2. The molecule has 0 aromatic heterocycles. The molecule has 98 valence electrons. The van der Waals surface area contributed by atoms with Crippen molar-refractivity contribution in [3.05, 3.63) is 0 Å². The molecule has 2 amide bonds. The summed E-state index contributed by atoms with van der Waals surface area (Å²) in [6.07, 6.45) is -1.86. The van der Waals surface area contributed by atoms with Crippen molar-refractivity contribution in [2.75, 3.05) is 13.1 Å². The summed E-state index contributed by atoms with van der Waals surface area (Å²) in [6, 6.07) is -0.802. The molecule has 1 rings (SSSR count). The molecular weight excluding hydrogens is 234 g/mol. The van der Waals surface area contributed by atoms with Gasteiger partial charge in [0.15, 0.2) is 0 Å². The fraction of sp³-hybridized carbons (Fsp3) is 0.800. The van der Waals surface area contributed by atoms with Crippen LogP contribution in [0.2, 0.25) is 0 Å². The Morgan fingerprint density at radius 3 is 2.65 bits per heavy atom. The molecule has 1 aliphatic heterocycles. The first-order chi connectivity index (χ1) is 7.91. The minimum absolute atomic E-state index is 0.248. The van der Waals surface area contributed by atoms with Crippen molar-refractivity contribution in [2.45, 2.75) is 32.2 Å². The van der Waals surface area contributed by atoms with Crippen LogP contribution in [0.25, 0.3) is 0 Å². The van der Waals surface area contributed by atoms with Gasteiger partial charge in [-0.3, -0.25) is 4.79 Å². The van der Waals surface area contributed by atoms with Gasteiger partial charge in [0.1, 0.15) is 0 Å². The first-order valence-electron chi connectivity index (χ1n) is 5.47. The van der Waals surface area contributed by atoms with Crippen molar-refractivity contribution < 1.29 is 23.5 Å². The maximum absolute atomic E-state index is 11.9. The van der Waals surface area contributed by atoms with E-state index in [0.29, 0.717) is 12.8 Å². The van der Waals surface area contributed by atoms with Crippen molar-refractivity contribution in [3.63, 3.8) is 0 Å². The molecule has 0 aromatic rings. The molecule has 17 heavy (non-hydrogen) atoms. The van der Waals surface area contributed by atoms with Crippen LogP contribution in [-0.2, 0) is 4.79 Å². The molecular formula is C10H16F2N2O3. The maximum atomic E-state index is 11.9. The molecule has 0 spiro atoms. The van der Waals surface area contributed by atoms with E-state index in [4.69, 9.17) is 5.11 Å². The minimum Gasteiger partial charge on any atom is -0.481 e. The summed E-state index contributed by atoms with van der Waals surface area (Å²) in [5.74, 6) is -1.33. The highest BCUT2D eigenvalue weighted by Gasteiger charge is 2.32. The fourth-order valence-electron chi connectivity index (χ4n) is 1.96. The third-order valence-corrected chi connectivity index (χ3v) is 2.89. The molecule has 2 unspecified atom stereocenters. The molecule has 1 saturated heterocycles. The maximum Gasteiger partial charge on any atom is 0.317 e. The van der Waals surface area contributed by atoms with Gasteiger partial charge in [0.2, 0.25) is 0 Å². The van der Waals surface area contributed by atoms with Crippen LogP contribution in [0.3, 0.4) is 0 Å². The van der Waals surface area contributed by atoms with Gasteiger partial charge in [0.05, 0.1) is 12.5 Å². The van der Waals surface area contributed by atoms with E-state index in [-0.39, 0.29) is 12.6 Å². The summed E-state index contributed by atoms with van der Waals surface area (Å²) in [6.45, 7) is 1.33. The van der Waals surface area contributed by atoms with Crippen LogP contribution >= 0.6 is 0 Å². The topological polar surface area (TPSA) is 69.6 Å². The van der Waals surface area contributed by atoms with E-state index in [9.17, 15) is 18.4 Å². The largest absolute Gasteiger partial charge is 0.481 e. The number of carbonyl (C=O) groups excluding carboxylic acids is 1. The number of carboxylic acid groups (broad SMARTS) is 1. The number of hydrogen-bond acceptors (Lipinski definition) is 2. The number of likely N-dealkylation sites (tertiary alicyclic amines) is 1. The lowest BCUT2D eigenvalue weighted by molar-refractivity contribution is -0.143. The zero-order chi connectivity index (χ0) is 13.0. The van der Waals surface area contributed by atoms with Gasteiger partial charge >= 0.3 is 12.0 Å². The van der Waals surface area contributed by atoms with Crippen LogP contribution in [0.5, 0.6) is 0 Å². The average molecular weight is 250 g/mol. The first-order valence-corrected chi connectivity index (χ1v) is 5.47. The number of carboxylic acids is 1. The summed E-state index contributed by atoms with van der Waals surface area (Å²) < 4.78 is 23.8. The zero-order valence-electron chi connectivity index (χ0n) is 9.53. The summed E-state index contributed by atoms with van der Waals surface area (Å²) in [5.41, 5.74) is 0. The molecule has 1 heterocycles. The predicted octanol–water partition coefficient (Wildman–Crippen LogP) is 1.15. The van der Waals surface area contributed by atoms with E-state index in [2.05, 4.69) is 5.32 Å². The van der Waals surface area contributed by atoms with Crippen LogP contribution in [0, 0.1) is 5.92 Å². The second-order valence-electron chi connectivity index (χ2n) is 4.18. The number of urea groups is 1. The lowest BCUT2D eigenvalue weighted by Crippen LogP contribution is -2.50. The fourth-order valence-corrected chi connectivity index (χ4v) is 1.96. The van der Waals surface area contributed by atoms with E-state index in [1.807, 2.05) is 0 Å². The van der Waals surface area contributed by atoms with Crippen molar-refractivity contribution in [2.24, 2.45) is 5.92 Å². The molecule has 0 aromatic carbocycles.